The van der Waals surface area contributed by atoms with Crippen LogP contribution in [-0.4, -0.2) is 49.2 Å². The van der Waals surface area contributed by atoms with E-state index in [4.69, 9.17) is 9.47 Å². The molecule has 1 aliphatic heterocycles. The Morgan fingerprint density at radius 2 is 1.74 bits per heavy atom. The molecule has 140 valence electrons. The van der Waals surface area contributed by atoms with E-state index in [0.29, 0.717) is 29.6 Å². The number of rotatable bonds is 5. The highest BCUT2D eigenvalue weighted by molar-refractivity contribution is 7.89. The maximum absolute atomic E-state index is 13.2. The van der Waals surface area contributed by atoms with Crippen molar-refractivity contribution >= 4 is 20.8 Å². The van der Waals surface area contributed by atoms with E-state index in [2.05, 4.69) is 10.2 Å². The van der Waals surface area contributed by atoms with Crippen molar-refractivity contribution in [2.75, 3.05) is 20.2 Å². The van der Waals surface area contributed by atoms with Gasteiger partial charge in [-0.2, -0.15) is 4.31 Å². The minimum absolute atomic E-state index is 0.266. The van der Waals surface area contributed by atoms with E-state index in [0.717, 1.165) is 10.8 Å². The third kappa shape index (κ3) is 3.45. The van der Waals surface area contributed by atoms with Gasteiger partial charge >= 0.3 is 0 Å². The van der Waals surface area contributed by atoms with Crippen LogP contribution in [-0.2, 0) is 10.0 Å². The van der Waals surface area contributed by atoms with Gasteiger partial charge in [0.15, 0.2) is 0 Å². The summed E-state index contributed by atoms with van der Waals surface area (Å²) in [5.74, 6) is 0.749. The number of ether oxygens (including phenoxy) is 2. The van der Waals surface area contributed by atoms with Crippen molar-refractivity contribution < 1.29 is 17.9 Å². The SMILES string of the molecule is COc1ccc(OC2CCN(S(=O)(=O)c3cccc4ccccc34)C2)nn1. The van der Waals surface area contributed by atoms with Crippen molar-refractivity contribution in [1.82, 2.24) is 14.5 Å². The quantitative estimate of drug-likeness (QED) is 0.671. The number of hydrogen-bond donors (Lipinski definition) is 0. The molecule has 0 bridgehead atoms. The fraction of sp³-hybridized carbons (Fsp3) is 0.263. The van der Waals surface area contributed by atoms with Gasteiger partial charge in [-0.05, 0) is 17.9 Å². The summed E-state index contributed by atoms with van der Waals surface area (Å²) in [6.07, 6.45) is 0.329. The molecule has 8 heteroatoms. The summed E-state index contributed by atoms with van der Waals surface area (Å²) in [6.45, 7) is 0.680. The zero-order valence-electron chi connectivity index (χ0n) is 14.8. The maximum Gasteiger partial charge on any atom is 0.243 e. The van der Waals surface area contributed by atoms with E-state index in [1.807, 2.05) is 30.3 Å². The van der Waals surface area contributed by atoms with Crippen LogP contribution >= 0.6 is 0 Å². The Morgan fingerprint density at radius 1 is 1.00 bits per heavy atom. The summed E-state index contributed by atoms with van der Waals surface area (Å²) in [6, 6.07) is 16.1. The molecule has 7 nitrogen and oxygen atoms in total. The molecule has 1 saturated heterocycles. The Kier molecular flexibility index (Phi) is 4.67. The van der Waals surface area contributed by atoms with E-state index in [1.165, 1.54) is 11.4 Å². The molecule has 2 aromatic carbocycles. The van der Waals surface area contributed by atoms with Gasteiger partial charge in [-0.15, -0.1) is 10.2 Å². The van der Waals surface area contributed by atoms with E-state index in [9.17, 15) is 8.42 Å². The fourth-order valence-electron chi connectivity index (χ4n) is 3.22. The molecule has 1 aromatic heterocycles. The third-order valence-corrected chi connectivity index (χ3v) is 6.51. The lowest BCUT2D eigenvalue weighted by Crippen LogP contribution is -2.31. The molecule has 0 N–H and O–H groups in total. The predicted molar refractivity (Wildman–Crippen MR) is 100 cm³/mol. The largest absolute Gasteiger partial charge is 0.480 e. The molecule has 2 heterocycles. The molecular weight excluding hydrogens is 366 g/mol. The third-order valence-electron chi connectivity index (χ3n) is 4.59. The Morgan fingerprint density at radius 3 is 2.52 bits per heavy atom. The number of methoxy groups -OCH3 is 1. The number of aromatic nitrogens is 2. The topological polar surface area (TPSA) is 81.6 Å². The van der Waals surface area contributed by atoms with Crippen LogP contribution in [0.2, 0.25) is 0 Å². The molecule has 1 aliphatic rings. The highest BCUT2D eigenvalue weighted by atomic mass is 32.2. The Balaban J connectivity index is 1.53. The van der Waals surface area contributed by atoms with Gasteiger partial charge in [0.25, 0.3) is 0 Å². The van der Waals surface area contributed by atoms with Crippen LogP contribution in [0.25, 0.3) is 10.8 Å². The van der Waals surface area contributed by atoms with Gasteiger partial charge in [-0.1, -0.05) is 36.4 Å². The summed E-state index contributed by atoms with van der Waals surface area (Å²) in [5.41, 5.74) is 0. The number of sulfonamides is 1. The molecule has 3 aromatic rings. The molecule has 1 unspecified atom stereocenters. The van der Waals surface area contributed by atoms with E-state index < -0.39 is 10.0 Å². The lowest BCUT2D eigenvalue weighted by Gasteiger charge is -2.18. The highest BCUT2D eigenvalue weighted by Crippen LogP contribution is 2.28. The Labute approximate surface area is 157 Å². The van der Waals surface area contributed by atoms with Crippen molar-refractivity contribution in [3.05, 3.63) is 54.6 Å². The molecule has 0 amide bonds. The average Bonchev–Trinajstić information content (AvgIpc) is 3.17. The summed E-state index contributed by atoms with van der Waals surface area (Å²) < 4.78 is 38.5. The fourth-order valence-corrected chi connectivity index (χ4v) is 4.92. The molecule has 0 spiro atoms. The first kappa shape index (κ1) is 17.7. The van der Waals surface area contributed by atoms with Crippen molar-refractivity contribution in [3.8, 4) is 11.8 Å². The van der Waals surface area contributed by atoms with Crippen LogP contribution < -0.4 is 9.47 Å². The smallest absolute Gasteiger partial charge is 0.243 e. The zero-order chi connectivity index (χ0) is 18.9. The second-order valence-corrected chi connectivity index (χ2v) is 8.19. The van der Waals surface area contributed by atoms with Crippen LogP contribution in [0.3, 0.4) is 0 Å². The molecular formula is C19H19N3O4S. The molecule has 27 heavy (non-hydrogen) atoms. The van der Waals surface area contributed by atoms with Crippen LogP contribution in [0.15, 0.2) is 59.5 Å². The second-order valence-electron chi connectivity index (χ2n) is 6.28. The molecule has 0 aliphatic carbocycles. The van der Waals surface area contributed by atoms with E-state index in [-0.39, 0.29) is 12.6 Å². The van der Waals surface area contributed by atoms with Crippen LogP contribution in [0, 0.1) is 0 Å². The lowest BCUT2D eigenvalue weighted by atomic mass is 10.1. The van der Waals surface area contributed by atoms with Gasteiger partial charge in [0.05, 0.1) is 18.6 Å². The summed E-state index contributed by atoms with van der Waals surface area (Å²) in [7, 11) is -2.09. The number of fused-ring (bicyclic) bond motifs is 1. The van der Waals surface area contributed by atoms with Crippen molar-refractivity contribution in [2.24, 2.45) is 0 Å². The average molecular weight is 385 g/mol. The van der Waals surface area contributed by atoms with Crippen LogP contribution in [0.5, 0.6) is 11.8 Å². The van der Waals surface area contributed by atoms with Gasteiger partial charge in [0.2, 0.25) is 21.8 Å². The van der Waals surface area contributed by atoms with Crippen molar-refractivity contribution in [2.45, 2.75) is 17.4 Å². The summed E-state index contributed by atoms with van der Waals surface area (Å²) in [4.78, 5) is 0.325. The number of hydrogen-bond acceptors (Lipinski definition) is 6. The van der Waals surface area contributed by atoms with Gasteiger partial charge in [0.1, 0.15) is 6.10 Å². The monoisotopic (exact) mass is 385 g/mol. The standard InChI is InChI=1S/C19H19N3O4S/c1-25-18-9-10-19(21-20-18)26-15-11-12-22(13-15)27(23,24)17-8-4-6-14-5-2-3-7-16(14)17/h2-10,15H,11-13H2,1H3. The van der Waals surface area contributed by atoms with E-state index in [1.54, 1.807) is 24.3 Å². The van der Waals surface area contributed by atoms with Gasteiger partial charge < -0.3 is 9.47 Å². The lowest BCUT2D eigenvalue weighted by molar-refractivity contribution is 0.203. The summed E-state index contributed by atoms with van der Waals surface area (Å²) >= 11 is 0. The normalized spacial score (nSPS) is 17.9. The minimum Gasteiger partial charge on any atom is -0.480 e. The maximum atomic E-state index is 13.2. The first-order chi connectivity index (χ1) is 13.1. The molecule has 1 fully saturated rings. The van der Waals surface area contributed by atoms with Crippen molar-refractivity contribution in [1.29, 1.82) is 0 Å². The van der Waals surface area contributed by atoms with Gasteiger partial charge in [-0.3, -0.25) is 0 Å². The predicted octanol–water partition coefficient (Wildman–Crippen LogP) is 2.48. The number of benzene rings is 2. The molecule has 0 saturated carbocycles. The number of nitrogens with zero attached hydrogens (tertiary/aromatic N) is 3. The zero-order valence-corrected chi connectivity index (χ0v) is 15.6. The Hall–Kier alpha value is -2.71. The first-order valence-corrected chi connectivity index (χ1v) is 10.0. The Bertz CT molecular complexity index is 1050. The van der Waals surface area contributed by atoms with Crippen molar-refractivity contribution in [3.63, 3.8) is 0 Å². The van der Waals surface area contributed by atoms with Crippen LogP contribution in [0.1, 0.15) is 6.42 Å². The molecule has 0 radical (unpaired) electrons. The van der Waals surface area contributed by atoms with Gasteiger partial charge in [0, 0.05) is 24.1 Å². The first-order valence-electron chi connectivity index (χ1n) is 8.60. The second kappa shape index (κ2) is 7.13. The van der Waals surface area contributed by atoms with E-state index >= 15 is 0 Å². The molecule has 4 rings (SSSR count). The molecule has 1 atom stereocenters. The van der Waals surface area contributed by atoms with Crippen LogP contribution in [0.4, 0.5) is 0 Å². The highest BCUT2D eigenvalue weighted by Gasteiger charge is 2.34. The van der Waals surface area contributed by atoms with Gasteiger partial charge in [-0.25, -0.2) is 8.42 Å². The minimum atomic E-state index is -3.60. The summed E-state index contributed by atoms with van der Waals surface area (Å²) in [5, 5.41) is 9.42.